The molecule has 132 valence electrons. The normalized spacial score (nSPS) is 10.6. The molecule has 0 spiro atoms. The molecule has 0 aliphatic rings. The van der Waals surface area contributed by atoms with Gasteiger partial charge in [0.05, 0.1) is 0 Å². The first-order chi connectivity index (χ1) is 13.2. The van der Waals surface area contributed by atoms with Gasteiger partial charge in [-0.2, -0.15) is 0 Å². The molecule has 0 saturated heterocycles. The summed E-state index contributed by atoms with van der Waals surface area (Å²) in [6.07, 6.45) is 0. The Morgan fingerprint density at radius 2 is 0.815 bits per heavy atom. The number of para-hydroxylation sites is 2. The summed E-state index contributed by atoms with van der Waals surface area (Å²) >= 11 is 0. The molecule has 4 rings (SSSR count). The predicted octanol–water partition coefficient (Wildman–Crippen LogP) is 7.09. The third kappa shape index (κ3) is 3.72. The summed E-state index contributed by atoms with van der Waals surface area (Å²) in [6.45, 7) is 0. The highest BCUT2D eigenvalue weighted by Crippen LogP contribution is 2.37. The summed E-state index contributed by atoms with van der Waals surface area (Å²) in [5.41, 5.74) is 3.47. The number of halogens is 2. The quantitative estimate of drug-likeness (QED) is 0.378. The first-order valence-electron chi connectivity index (χ1n) is 8.58. The Morgan fingerprint density at radius 3 is 1.22 bits per heavy atom. The van der Waals surface area contributed by atoms with Crippen LogP contribution in [0.3, 0.4) is 0 Å². The van der Waals surface area contributed by atoms with Crippen LogP contribution in [-0.2, 0) is 0 Å². The average Bonchev–Trinajstić information content (AvgIpc) is 2.70. The minimum absolute atomic E-state index is 0.279. The van der Waals surface area contributed by atoms with E-state index in [1.807, 2.05) is 48.5 Å². The van der Waals surface area contributed by atoms with Crippen molar-refractivity contribution in [1.29, 1.82) is 0 Å². The monoisotopic (exact) mass is 358 g/mol. The third-order valence-corrected chi connectivity index (χ3v) is 4.30. The van der Waals surface area contributed by atoms with Crippen LogP contribution in [0.1, 0.15) is 0 Å². The van der Waals surface area contributed by atoms with E-state index >= 15 is 0 Å². The zero-order valence-electron chi connectivity index (χ0n) is 14.4. The van der Waals surface area contributed by atoms with Gasteiger partial charge in [-0.25, -0.2) is 8.78 Å². The zero-order chi connectivity index (χ0) is 18.6. The van der Waals surface area contributed by atoms with Crippen molar-refractivity contribution >= 4 is 0 Å². The van der Waals surface area contributed by atoms with E-state index in [0.29, 0.717) is 11.5 Å². The summed E-state index contributed by atoms with van der Waals surface area (Å²) in [7, 11) is 0. The largest absolute Gasteiger partial charge is 0.456 e. The molecule has 3 heteroatoms. The second-order valence-electron chi connectivity index (χ2n) is 6.11. The van der Waals surface area contributed by atoms with Crippen LogP contribution >= 0.6 is 0 Å². The van der Waals surface area contributed by atoms with Gasteiger partial charge in [0.15, 0.2) is 0 Å². The van der Waals surface area contributed by atoms with E-state index in [1.54, 1.807) is 24.3 Å². The molecule has 0 aliphatic heterocycles. The van der Waals surface area contributed by atoms with Gasteiger partial charge >= 0.3 is 0 Å². The van der Waals surface area contributed by atoms with Gasteiger partial charge in [-0.3, -0.25) is 0 Å². The zero-order valence-corrected chi connectivity index (χ0v) is 14.4. The molecular formula is C24H16F2O. The fraction of sp³-hybridized carbons (Fsp3) is 0. The first-order valence-corrected chi connectivity index (χ1v) is 8.58. The van der Waals surface area contributed by atoms with E-state index in [2.05, 4.69) is 0 Å². The summed E-state index contributed by atoms with van der Waals surface area (Å²) < 4.78 is 32.7. The summed E-state index contributed by atoms with van der Waals surface area (Å²) in [5.74, 6) is 0.773. The molecule has 0 unspecified atom stereocenters. The molecule has 4 aromatic rings. The maximum atomic E-state index is 13.3. The van der Waals surface area contributed by atoms with Crippen molar-refractivity contribution in [1.82, 2.24) is 0 Å². The average molecular weight is 358 g/mol. The summed E-state index contributed by atoms with van der Waals surface area (Å²) in [6, 6.07) is 27.8. The fourth-order valence-electron chi connectivity index (χ4n) is 2.97. The number of hydrogen-bond acceptors (Lipinski definition) is 1. The van der Waals surface area contributed by atoms with Crippen LogP contribution in [-0.4, -0.2) is 0 Å². The molecule has 0 radical (unpaired) electrons. The van der Waals surface area contributed by atoms with Crippen LogP contribution in [0.5, 0.6) is 11.5 Å². The van der Waals surface area contributed by atoms with Crippen LogP contribution in [0, 0.1) is 11.6 Å². The topological polar surface area (TPSA) is 9.23 Å². The van der Waals surface area contributed by atoms with Crippen molar-refractivity contribution in [3.8, 4) is 33.8 Å². The van der Waals surface area contributed by atoms with Gasteiger partial charge in [-0.15, -0.1) is 0 Å². The highest BCUT2D eigenvalue weighted by atomic mass is 19.1. The van der Waals surface area contributed by atoms with E-state index in [1.165, 1.54) is 24.3 Å². The molecule has 0 heterocycles. The number of benzene rings is 4. The SMILES string of the molecule is Fc1ccc(-c2ccccc2Oc2ccccc2-c2ccc(F)cc2)cc1. The van der Waals surface area contributed by atoms with Crippen molar-refractivity contribution in [3.63, 3.8) is 0 Å². The molecule has 0 aliphatic carbocycles. The Labute approximate surface area is 156 Å². The van der Waals surface area contributed by atoms with Crippen LogP contribution < -0.4 is 4.74 Å². The van der Waals surface area contributed by atoms with Crippen molar-refractivity contribution in [2.24, 2.45) is 0 Å². The van der Waals surface area contributed by atoms with Gasteiger partial charge in [-0.1, -0.05) is 60.7 Å². The molecule has 4 aromatic carbocycles. The Kier molecular flexibility index (Phi) is 4.67. The second-order valence-corrected chi connectivity index (χ2v) is 6.11. The van der Waals surface area contributed by atoms with Crippen LogP contribution in [0.2, 0.25) is 0 Å². The molecule has 0 N–H and O–H groups in total. The maximum Gasteiger partial charge on any atom is 0.135 e. The third-order valence-electron chi connectivity index (χ3n) is 4.30. The lowest BCUT2D eigenvalue weighted by Gasteiger charge is -2.14. The Morgan fingerprint density at radius 1 is 0.444 bits per heavy atom. The van der Waals surface area contributed by atoms with Gasteiger partial charge in [0, 0.05) is 11.1 Å². The number of hydrogen-bond donors (Lipinski definition) is 0. The number of ether oxygens (including phenoxy) is 1. The van der Waals surface area contributed by atoms with Gasteiger partial charge < -0.3 is 4.74 Å². The first kappa shape index (κ1) is 17.0. The molecular weight excluding hydrogens is 342 g/mol. The van der Waals surface area contributed by atoms with Crippen molar-refractivity contribution in [3.05, 3.63) is 109 Å². The number of rotatable bonds is 4. The van der Waals surface area contributed by atoms with Gasteiger partial charge in [0.1, 0.15) is 23.1 Å². The van der Waals surface area contributed by atoms with Crippen molar-refractivity contribution in [2.75, 3.05) is 0 Å². The van der Waals surface area contributed by atoms with Crippen molar-refractivity contribution < 1.29 is 13.5 Å². The Hall–Kier alpha value is -3.46. The molecule has 0 aromatic heterocycles. The lowest BCUT2D eigenvalue weighted by atomic mass is 10.0. The van der Waals surface area contributed by atoms with Gasteiger partial charge in [0.25, 0.3) is 0 Å². The smallest absolute Gasteiger partial charge is 0.135 e. The second kappa shape index (κ2) is 7.42. The van der Waals surface area contributed by atoms with Crippen LogP contribution in [0.25, 0.3) is 22.3 Å². The molecule has 0 bridgehead atoms. The van der Waals surface area contributed by atoms with Crippen LogP contribution in [0.4, 0.5) is 8.78 Å². The molecule has 0 amide bonds. The summed E-state index contributed by atoms with van der Waals surface area (Å²) in [5, 5.41) is 0. The van der Waals surface area contributed by atoms with E-state index in [4.69, 9.17) is 4.74 Å². The van der Waals surface area contributed by atoms with Gasteiger partial charge in [-0.05, 0) is 47.5 Å². The van der Waals surface area contributed by atoms with Crippen molar-refractivity contribution in [2.45, 2.75) is 0 Å². The predicted molar refractivity (Wildman–Crippen MR) is 104 cm³/mol. The molecule has 0 saturated carbocycles. The lowest BCUT2D eigenvalue weighted by Crippen LogP contribution is -1.91. The standard InChI is InChI=1S/C24H16F2O/c25-19-13-9-17(10-14-19)21-5-1-3-7-23(21)27-24-8-4-2-6-22(24)18-11-15-20(26)16-12-18/h1-16H. The highest BCUT2D eigenvalue weighted by molar-refractivity contribution is 5.74. The minimum Gasteiger partial charge on any atom is -0.456 e. The molecule has 0 fully saturated rings. The highest BCUT2D eigenvalue weighted by Gasteiger charge is 2.11. The van der Waals surface area contributed by atoms with Crippen LogP contribution in [0.15, 0.2) is 97.1 Å². The Bertz CT molecular complexity index is 967. The maximum absolute atomic E-state index is 13.3. The lowest BCUT2D eigenvalue weighted by molar-refractivity contribution is 0.486. The minimum atomic E-state index is -0.279. The molecule has 1 nitrogen and oxygen atoms in total. The Balaban J connectivity index is 1.74. The van der Waals surface area contributed by atoms with E-state index in [-0.39, 0.29) is 11.6 Å². The fourth-order valence-corrected chi connectivity index (χ4v) is 2.97. The van der Waals surface area contributed by atoms with Gasteiger partial charge in [0.2, 0.25) is 0 Å². The van der Waals surface area contributed by atoms with E-state index in [9.17, 15) is 8.78 Å². The van der Waals surface area contributed by atoms with E-state index < -0.39 is 0 Å². The molecule has 27 heavy (non-hydrogen) atoms. The summed E-state index contributed by atoms with van der Waals surface area (Å²) in [4.78, 5) is 0. The molecule has 0 atom stereocenters. The van der Waals surface area contributed by atoms with E-state index in [0.717, 1.165) is 22.3 Å².